The fourth-order valence-electron chi connectivity index (χ4n) is 12.1. The largest absolute Gasteiger partial charge is 0.459 e. The van der Waals surface area contributed by atoms with Crippen LogP contribution in [0.15, 0.2) is 54.6 Å². The second-order valence-electron chi connectivity index (χ2n) is 22.9. The number of anilines is 2. The summed E-state index contributed by atoms with van der Waals surface area (Å²) in [5.74, 6) is -3.11. The van der Waals surface area contributed by atoms with Gasteiger partial charge in [-0.3, -0.25) is 14.5 Å². The van der Waals surface area contributed by atoms with Crippen LogP contribution in [0.25, 0.3) is 21.6 Å². The number of aliphatic hydroxyl groups is 5. The van der Waals surface area contributed by atoms with Gasteiger partial charge in [-0.1, -0.05) is 57.2 Å². The van der Waals surface area contributed by atoms with Crippen molar-refractivity contribution in [3.63, 3.8) is 0 Å². The Morgan fingerprint density at radius 3 is 2.21 bits per heavy atom. The Morgan fingerprint density at radius 1 is 0.907 bits per heavy atom. The number of thiophene rings is 1. The van der Waals surface area contributed by atoms with E-state index >= 15 is 0 Å². The van der Waals surface area contributed by atoms with Gasteiger partial charge in [-0.25, -0.2) is 0 Å². The van der Waals surface area contributed by atoms with Crippen LogP contribution in [-0.4, -0.2) is 178 Å². The number of hydrogen-bond acceptors (Lipinski definition) is 17. The number of carbonyl (C=O) groups is 2. The van der Waals surface area contributed by atoms with E-state index in [1.807, 2.05) is 94.1 Å². The number of rotatable bonds is 12. The number of fused-ring (bicyclic) bond motifs is 5. The van der Waals surface area contributed by atoms with Gasteiger partial charge in [0.1, 0.15) is 30.0 Å². The number of amides is 1. The quantitative estimate of drug-likeness (QED) is 0.0591. The minimum atomic E-state index is -1.94. The van der Waals surface area contributed by atoms with Crippen molar-refractivity contribution in [2.24, 2.45) is 17.8 Å². The van der Waals surface area contributed by atoms with Gasteiger partial charge in [0, 0.05) is 84.1 Å². The van der Waals surface area contributed by atoms with Crippen LogP contribution < -0.4 is 10.6 Å². The van der Waals surface area contributed by atoms with Crippen molar-refractivity contribution in [2.45, 2.75) is 192 Å². The summed E-state index contributed by atoms with van der Waals surface area (Å²) in [5.41, 5.74) is 0.258. The average Bonchev–Trinajstić information content (AvgIpc) is 3.76. The molecular formula is C57H86N4O13S. The number of nitrogens with one attached hydrogen (secondary N) is 2. The van der Waals surface area contributed by atoms with E-state index in [1.165, 1.54) is 25.4 Å². The molecule has 7 rings (SSSR count). The molecule has 18 heteroatoms. The molecule has 7 N–H and O–H groups in total. The minimum Gasteiger partial charge on any atom is -0.459 e. The number of nitrogens with zero attached hydrogens (tertiary/aromatic N) is 2. The van der Waals surface area contributed by atoms with Crippen LogP contribution in [0.5, 0.6) is 0 Å². The molecule has 75 heavy (non-hydrogen) atoms. The number of benzene rings is 2. The Bertz CT molecular complexity index is 2340. The minimum absolute atomic E-state index is 0.0964. The van der Waals surface area contributed by atoms with Crippen molar-refractivity contribution in [1.29, 1.82) is 0 Å². The summed E-state index contributed by atoms with van der Waals surface area (Å²) < 4.78 is 38.3. The lowest BCUT2D eigenvalue weighted by Crippen LogP contribution is -2.60. The normalized spacial score (nSPS) is 38.2. The van der Waals surface area contributed by atoms with Crippen LogP contribution in [0, 0.1) is 17.8 Å². The topological polar surface area (TPSA) is 221 Å². The van der Waals surface area contributed by atoms with Crippen LogP contribution in [0.2, 0.25) is 0 Å². The number of cyclic esters (lactones) is 1. The van der Waals surface area contributed by atoms with E-state index in [0.717, 1.165) is 32.9 Å². The Labute approximate surface area is 448 Å². The third-order valence-corrected chi connectivity index (χ3v) is 17.7. The number of methoxy groups -OCH3 is 1. The Balaban J connectivity index is 1.18. The van der Waals surface area contributed by atoms with Crippen LogP contribution in [0.3, 0.4) is 0 Å². The third-order valence-electron chi connectivity index (χ3n) is 16.6. The molecular weight excluding hydrogens is 981 g/mol. The maximum absolute atomic E-state index is 14.7. The van der Waals surface area contributed by atoms with Crippen molar-refractivity contribution in [1.82, 2.24) is 15.1 Å². The van der Waals surface area contributed by atoms with E-state index in [1.54, 1.807) is 34.6 Å². The second-order valence-corrected chi connectivity index (χ2v) is 24.0. The van der Waals surface area contributed by atoms with Crippen molar-refractivity contribution in [3.05, 3.63) is 59.5 Å². The number of para-hydroxylation sites is 2. The molecule has 4 aliphatic heterocycles. The Kier molecular flexibility index (Phi) is 19.0. The summed E-state index contributed by atoms with van der Waals surface area (Å²) in [6.45, 7) is 18.6. The monoisotopic (exact) mass is 1070 g/mol. The molecule has 0 saturated carbocycles. The van der Waals surface area contributed by atoms with E-state index in [-0.39, 0.29) is 43.2 Å². The summed E-state index contributed by atoms with van der Waals surface area (Å²) >= 11 is 1.45. The number of ether oxygens (including phenoxy) is 6. The molecule has 0 unspecified atom stereocenters. The Hall–Kier alpha value is -3.60. The standard InChI is InChI=1S/C57H86N4O13S/c1-14-44-57(10,68)49(63)35(6)61(25-19-24-58-52(65)43-27-39-37-20-15-17-22-40(37)59-41-23-18-16-21-38(41)48(39)75-43)30-31(2)28-55(8,67)51(74-54-46(62)42(60(11)12)26-32(3)70-54)33(4)47(34(5)53(66)72-44)73-45-29-56(9,69-13)50(64)36(7)71-45/h15-18,20-23,27,31-36,42,44-47,49-51,54,59,62-64,67-68H,14,19,24-26,28-30H2,1-13H3,(H,58,65)/t31-,32-,33+,34-,35-,36+,42+,44-,45+,46-,47+,49-,50+,51-,54+,55-,56-,57-/m1/s1. The lowest BCUT2D eigenvalue weighted by molar-refractivity contribution is -0.318. The smallest absolute Gasteiger partial charge is 0.311 e. The zero-order chi connectivity index (χ0) is 54.9. The van der Waals surface area contributed by atoms with Gasteiger partial charge in [-0.2, -0.15) is 0 Å². The lowest BCUT2D eigenvalue weighted by Gasteiger charge is -2.48. The van der Waals surface area contributed by atoms with Crippen LogP contribution in [-0.2, 0) is 33.2 Å². The molecule has 1 amide bonds. The first kappa shape index (κ1) is 59.1. The van der Waals surface area contributed by atoms with Gasteiger partial charge in [-0.05, 0) is 112 Å². The average molecular weight is 1070 g/mol. The third kappa shape index (κ3) is 12.8. The molecule has 3 fully saturated rings. The van der Waals surface area contributed by atoms with Gasteiger partial charge in [0.15, 0.2) is 12.6 Å². The zero-order valence-corrected chi connectivity index (χ0v) is 47.1. The zero-order valence-electron chi connectivity index (χ0n) is 46.3. The first-order valence-corrected chi connectivity index (χ1v) is 27.8. The molecule has 0 aliphatic carbocycles. The SMILES string of the molecule is CC[C@H]1OC(=O)[C@H](C)[C@@H](O[C@H]2C[C@@](C)(OC)[C@@H](O)[C@H](C)O2)[C@H](C)[C@@H](O[C@@H]2O[C@H](C)C[C@H](N(C)C)[C@H]2O)[C@](C)(O)C[C@@H](C)CN(CCCNC(=O)c2cc3c(s2)-c2ccccc2Nc2ccccc2-3)[C@H](C)[C@@H](O)[C@]1(C)O. The summed E-state index contributed by atoms with van der Waals surface area (Å²) in [6.07, 6.45) is -8.66. The van der Waals surface area contributed by atoms with E-state index in [2.05, 4.69) is 22.8 Å². The van der Waals surface area contributed by atoms with E-state index in [9.17, 15) is 35.1 Å². The highest BCUT2D eigenvalue weighted by molar-refractivity contribution is 7.18. The molecule has 4 aliphatic rings. The van der Waals surface area contributed by atoms with Crippen molar-refractivity contribution in [3.8, 4) is 21.6 Å². The maximum Gasteiger partial charge on any atom is 0.311 e. The van der Waals surface area contributed by atoms with Gasteiger partial charge in [0.05, 0.1) is 46.4 Å². The van der Waals surface area contributed by atoms with Crippen molar-refractivity contribution >= 4 is 34.6 Å². The predicted octanol–water partition coefficient (Wildman–Crippen LogP) is 6.54. The van der Waals surface area contributed by atoms with E-state index in [0.29, 0.717) is 37.4 Å². The predicted molar refractivity (Wildman–Crippen MR) is 289 cm³/mol. The van der Waals surface area contributed by atoms with Gasteiger partial charge in [-0.15, -0.1) is 11.3 Å². The summed E-state index contributed by atoms with van der Waals surface area (Å²) in [5, 5.41) is 67.2. The molecule has 0 radical (unpaired) electrons. The first-order valence-electron chi connectivity index (χ1n) is 27.0. The fraction of sp³-hybridized carbons (Fsp3) is 0.684. The number of carbonyl (C=O) groups excluding carboxylic acids is 2. The van der Waals surface area contributed by atoms with Gasteiger partial charge in [0.2, 0.25) is 0 Å². The molecule has 418 valence electrons. The van der Waals surface area contributed by atoms with Crippen LogP contribution in [0.4, 0.5) is 11.4 Å². The van der Waals surface area contributed by atoms with Crippen LogP contribution >= 0.6 is 11.3 Å². The van der Waals surface area contributed by atoms with Gasteiger partial charge < -0.3 is 69.5 Å². The molecule has 18 atom stereocenters. The molecule has 0 bridgehead atoms. The highest BCUT2D eigenvalue weighted by Gasteiger charge is 2.53. The molecule has 0 spiro atoms. The first-order chi connectivity index (χ1) is 35.3. The summed E-state index contributed by atoms with van der Waals surface area (Å²) in [6, 6.07) is 17.1. The molecule has 17 nitrogen and oxygen atoms in total. The maximum atomic E-state index is 14.7. The van der Waals surface area contributed by atoms with Crippen molar-refractivity contribution < 1.29 is 63.5 Å². The van der Waals surface area contributed by atoms with E-state index < -0.39 is 96.0 Å². The highest BCUT2D eigenvalue weighted by Crippen LogP contribution is 2.48. The highest BCUT2D eigenvalue weighted by atomic mass is 32.1. The summed E-state index contributed by atoms with van der Waals surface area (Å²) in [7, 11) is 5.27. The fourth-order valence-corrected chi connectivity index (χ4v) is 13.3. The molecule has 2 aromatic carbocycles. The Morgan fingerprint density at radius 2 is 1.56 bits per heavy atom. The lowest BCUT2D eigenvalue weighted by atomic mass is 9.77. The molecule has 1 aromatic heterocycles. The molecule has 3 saturated heterocycles. The molecule has 3 aromatic rings. The van der Waals surface area contributed by atoms with Gasteiger partial charge >= 0.3 is 5.97 Å². The number of hydrogen-bond donors (Lipinski definition) is 7. The van der Waals surface area contributed by atoms with Gasteiger partial charge in [0.25, 0.3) is 5.91 Å². The van der Waals surface area contributed by atoms with Crippen LogP contribution in [0.1, 0.15) is 111 Å². The second kappa shape index (κ2) is 24.2. The number of esters is 1. The molecule has 5 heterocycles. The number of aliphatic hydroxyl groups excluding tert-OH is 3. The van der Waals surface area contributed by atoms with E-state index in [4.69, 9.17) is 28.4 Å². The van der Waals surface area contributed by atoms with Crippen molar-refractivity contribution in [2.75, 3.05) is 46.2 Å². The number of likely N-dealkylation sites (N-methyl/N-ethyl adjacent to an activating group) is 1. The summed E-state index contributed by atoms with van der Waals surface area (Å²) in [4.78, 5) is 34.2.